The third-order valence-corrected chi connectivity index (χ3v) is 8.11. The Morgan fingerprint density at radius 3 is 2.59 bits per heavy atom. The number of benzene rings is 2. The van der Waals surface area contributed by atoms with Crippen molar-refractivity contribution in [2.45, 2.75) is 52.7 Å². The van der Waals surface area contributed by atoms with E-state index in [0.717, 1.165) is 85.8 Å². The number of H-pyrrole nitrogens is 1. The molecule has 0 bridgehead atoms. The second kappa shape index (κ2) is 13.4. The predicted octanol–water partition coefficient (Wildman–Crippen LogP) is 3.86. The number of aryl methyl sites for hydroxylation is 2. The maximum atomic E-state index is 13.3. The summed E-state index contributed by atoms with van der Waals surface area (Å²) in [6, 6.07) is 14.2. The first-order chi connectivity index (χ1) is 19.9. The average molecular weight is 560 g/mol. The van der Waals surface area contributed by atoms with Gasteiger partial charge in [0.25, 0.3) is 5.56 Å². The van der Waals surface area contributed by atoms with Crippen LogP contribution >= 0.6 is 0 Å². The number of nitrogens with zero attached hydrogens (tertiary/aromatic N) is 6. The molecule has 41 heavy (non-hydrogen) atoms. The molecule has 5 rings (SSSR count). The summed E-state index contributed by atoms with van der Waals surface area (Å²) in [5.41, 5.74) is 5.04. The van der Waals surface area contributed by atoms with Crippen LogP contribution in [0.15, 0.2) is 47.3 Å². The number of methoxy groups -OCH3 is 1. The monoisotopic (exact) mass is 559 g/mol. The molecule has 1 fully saturated rings. The van der Waals surface area contributed by atoms with Gasteiger partial charge in [-0.2, -0.15) is 0 Å². The standard InChI is InChI=1S/C31H41N7O3/c1-5-29(30-33-34-35-38(30)20-24-7-9-27(40-4)10-8-24)37(12-6-11-36-13-15-41-16-14-36)21-26-19-25-17-22(2)23(3)18-28(25)32-31(26)39/h7-10,17-19,29H,5-6,11-16,20-21H2,1-4H3,(H,32,39). The van der Waals surface area contributed by atoms with Crippen LogP contribution in [0.4, 0.5) is 0 Å². The van der Waals surface area contributed by atoms with Crippen molar-refractivity contribution in [1.29, 1.82) is 0 Å². The number of hydrogen-bond donors (Lipinski definition) is 1. The van der Waals surface area contributed by atoms with Gasteiger partial charge in [-0.25, -0.2) is 4.68 Å². The number of fused-ring (bicyclic) bond motifs is 1. The number of aromatic amines is 1. The minimum Gasteiger partial charge on any atom is -0.497 e. The quantitative estimate of drug-likeness (QED) is 0.279. The van der Waals surface area contributed by atoms with Crippen molar-refractivity contribution in [1.82, 2.24) is 35.0 Å². The summed E-state index contributed by atoms with van der Waals surface area (Å²) in [7, 11) is 1.66. The average Bonchev–Trinajstić information content (AvgIpc) is 3.43. The second-order valence-electron chi connectivity index (χ2n) is 10.9. The van der Waals surface area contributed by atoms with E-state index in [0.29, 0.717) is 13.1 Å². The molecule has 2 aromatic carbocycles. The van der Waals surface area contributed by atoms with Crippen molar-refractivity contribution in [3.63, 3.8) is 0 Å². The largest absolute Gasteiger partial charge is 0.497 e. The molecule has 218 valence electrons. The van der Waals surface area contributed by atoms with Crippen molar-refractivity contribution in [3.8, 4) is 5.75 Å². The Morgan fingerprint density at radius 1 is 1.10 bits per heavy atom. The van der Waals surface area contributed by atoms with Crippen molar-refractivity contribution >= 4 is 10.9 Å². The zero-order valence-electron chi connectivity index (χ0n) is 24.6. The van der Waals surface area contributed by atoms with Gasteiger partial charge in [-0.05, 0) is 96.1 Å². The van der Waals surface area contributed by atoms with Crippen LogP contribution in [-0.2, 0) is 17.8 Å². The number of aromatic nitrogens is 5. The molecule has 0 radical (unpaired) electrons. The fourth-order valence-electron chi connectivity index (χ4n) is 5.60. The Labute approximate surface area is 241 Å². The minimum atomic E-state index is -0.0530. The van der Waals surface area contributed by atoms with E-state index in [1.807, 2.05) is 35.0 Å². The maximum Gasteiger partial charge on any atom is 0.252 e. The Morgan fingerprint density at radius 2 is 1.85 bits per heavy atom. The maximum absolute atomic E-state index is 13.3. The second-order valence-corrected chi connectivity index (χ2v) is 10.9. The first kappa shape index (κ1) is 28.9. The highest BCUT2D eigenvalue weighted by Crippen LogP contribution is 2.26. The molecule has 10 heteroatoms. The molecule has 4 aromatic rings. The summed E-state index contributed by atoms with van der Waals surface area (Å²) < 4.78 is 12.7. The van der Waals surface area contributed by atoms with E-state index >= 15 is 0 Å². The molecule has 3 heterocycles. The van der Waals surface area contributed by atoms with E-state index in [4.69, 9.17) is 9.47 Å². The Bertz CT molecular complexity index is 1490. The molecule has 0 aliphatic carbocycles. The van der Waals surface area contributed by atoms with Crippen molar-refractivity contribution in [2.75, 3.05) is 46.5 Å². The third kappa shape index (κ3) is 7.01. The van der Waals surface area contributed by atoms with Crippen LogP contribution in [0.1, 0.15) is 53.9 Å². The molecule has 0 saturated carbocycles. The van der Waals surface area contributed by atoms with Gasteiger partial charge in [-0.3, -0.25) is 14.6 Å². The highest BCUT2D eigenvalue weighted by molar-refractivity contribution is 5.80. The summed E-state index contributed by atoms with van der Waals surface area (Å²) >= 11 is 0. The molecular formula is C31H41N7O3. The lowest BCUT2D eigenvalue weighted by Crippen LogP contribution is -2.39. The molecule has 1 aliphatic rings. The molecule has 0 amide bonds. The molecule has 0 spiro atoms. The number of hydrogen-bond acceptors (Lipinski definition) is 8. The normalized spacial score (nSPS) is 15.0. The zero-order valence-corrected chi connectivity index (χ0v) is 24.6. The number of pyridine rings is 1. The van der Waals surface area contributed by atoms with E-state index in [1.54, 1.807) is 7.11 Å². The van der Waals surface area contributed by atoms with Crippen LogP contribution < -0.4 is 10.3 Å². The lowest BCUT2D eigenvalue weighted by atomic mass is 10.0. The van der Waals surface area contributed by atoms with E-state index < -0.39 is 0 Å². The van der Waals surface area contributed by atoms with Gasteiger partial charge in [-0.1, -0.05) is 19.1 Å². The Balaban J connectivity index is 1.42. The molecule has 1 unspecified atom stereocenters. The molecular weight excluding hydrogens is 518 g/mol. The van der Waals surface area contributed by atoms with Crippen LogP contribution in [0.25, 0.3) is 10.9 Å². The van der Waals surface area contributed by atoms with E-state index in [2.05, 4.69) is 63.2 Å². The molecule has 10 nitrogen and oxygen atoms in total. The molecule has 2 aromatic heterocycles. The predicted molar refractivity (Wildman–Crippen MR) is 159 cm³/mol. The van der Waals surface area contributed by atoms with Crippen molar-refractivity contribution in [3.05, 3.63) is 80.9 Å². The first-order valence-electron chi connectivity index (χ1n) is 14.5. The molecule has 1 saturated heterocycles. The van der Waals surface area contributed by atoms with Gasteiger partial charge in [0.2, 0.25) is 0 Å². The van der Waals surface area contributed by atoms with Gasteiger partial charge >= 0.3 is 0 Å². The zero-order chi connectivity index (χ0) is 28.8. The van der Waals surface area contributed by atoms with Gasteiger partial charge in [0.15, 0.2) is 5.82 Å². The lowest BCUT2D eigenvalue weighted by Gasteiger charge is -2.32. The van der Waals surface area contributed by atoms with Gasteiger partial charge in [-0.15, -0.1) is 5.10 Å². The van der Waals surface area contributed by atoms with E-state index in [-0.39, 0.29) is 11.6 Å². The van der Waals surface area contributed by atoms with Crippen LogP contribution in [0, 0.1) is 13.8 Å². The van der Waals surface area contributed by atoms with E-state index in [1.165, 1.54) is 11.1 Å². The SMILES string of the molecule is CCC(c1nnnn1Cc1ccc(OC)cc1)N(CCCN1CCOCC1)Cc1cc2cc(C)c(C)cc2[nH]c1=O. The number of morpholine rings is 1. The van der Waals surface area contributed by atoms with Crippen LogP contribution in [0.5, 0.6) is 5.75 Å². The first-order valence-corrected chi connectivity index (χ1v) is 14.5. The van der Waals surface area contributed by atoms with Crippen LogP contribution in [-0.4, -0.2) is 81.5 Å². The van der Waals surface area contributed by atoms with Crippen molar-refractivity contribution in [2.24, 2.45) is 0 Å². The highest BCUT2D eigenvalue weighted by Gasteiger charge is 2.26. The number of ether oxygens (including phenoxy) is 2. The fraction of sp³-hybridized carbons (Fsp3) is 0.484. The fourth-order valence-corrected chi connectivity index (χ4v) is 5.60. The molecule has 1 atom stereocenters. The lowest BCUT2D eigenvalue weighted by molar-refractivity contribution is 0.0349. The topological polar surface area (TPSA) is 101 Å². The van der Waals surface area contributed by atoms with Crippen LogP contribution in [0.2, 0.25) is 0 Å². The smallest absolute Gasteiger partial charge is 0.252 e. The van der Waals surface area contributed by atoms with E-state index in [9.17, 15) is 4.79 Å². The summed E-state index contributed by atoms with van der Waals surface area (Å²) in [6.07, 6.45) is 1.78. The number of nitrogens with one attached hydrogen (secondary N) is 1. The number of rotatable bonds is 12. The van der Waals surface area contributed by atoms with Gasteiger partial charge < -0.3 is 14.5 Å². The third-order valence-electron chi connectivity index (χ3n) is 8.11. The highest BCUT2D eigenvalue weighted by atomic mass is 16.5. The van der Waals surface area contributed by atoms with Crippen LogP contribution in [0.3, 0.4) is 0 Å². The molecule has 1 aliphatic heterocycles. The number of tetrazole rings is 1. The Hall–Kier alpha value is -3.60. The Kier molecular flexibility index (Phi) is 9.43. The van der Waals surface area contributed by atoms with Gasteiger partial charge in [0, 0.05) is 37.3 Å². The summed E-state index contributed by atoms with van der Waals surface area (Å²) in [6.45, 7) is 12.7. The summed E-state index contributed by atoms with van der Waals surface area (Å²) in [5.74, 6) is 1.62. The van der Waals surface area contributed by atoms with Gasteiger partial charge in [0.1, 0.15) is 5.75 Å². The molecule has 1 N–H and O–H groups in total. The summed E-state index contributed by atoms with van der Waals surface area (Å²) in [5, 5.41) is 14.0. The van der Waals surface area contributed by atoms with Gasteiger partial charge in [0.05, 0.1) is 32.9 Å². The van der Waals surface area contributed by atoms with Crippen molar-refractivity contribution < 1.29 is 9.47 Å². The summed E-state index contributed by atoms with van der Waals surface area (Å²) in [4.78, 5) is 21.2. The minimum absolute atomic E-state index is 0.0494.